The van der Waals surface area contributed by atoms with E-state index in [4.69, 9.17) is 11.6 Å². The Kier molecular flexibility index (Phi) is 4.88. The molecule has 1 aromatic rings. The number of nitrogens with zero attached hydrogens (tertiary/aromatic N) is 2. The fourth-order valence-electron chi connectivity index (χ4n) is 2.73. The minimum atomic E-state index is -0.280. The molecule has 0 bridgehead atoms. The lowest BCUT2D eigenvalue weighted by molar-refractivity contribution is -0.135. The highest BCUT2D eigenvalue weighted by molar-refractivity contribution is 6.33. The Balaban J connectivity index is 2.09. The Morgan fingerprint density at radius 3 is 2.71 bits per heavy atom. The molecule has 0 aliphatic carbocycles. The molecule has 0 radical (unpaired) electrons. The van der Waals surface area contributed by atoms with Gasteiger partial charge in [0.2, 0.25) is 11.8 Å². The zero-order valence-corrected chi connectivity index (χ0v) is 13.4. The zero-order chi connectivity index (χ0) is 15.6. The third kappa shape index (κ3) is 3.56. The highest BCUT2D eigenvalue weighted by Gasteiger charge is 2.37. The van der Waals surface area contributed by atoms with Gasteiger partial charge in [-0.15, -0.1) is 0 Å². The number of hydrogen-bond acceptors (Lipinski definition) is 2. The molecule has 1 atom stereocenters. The van der Waals surface area contributed by atoms with Crippen LogP contribution in [0, 0.1) is 11.8 Å². The number of amides is 2. The number of hydrogen-bond donors (Lipinski definition) is 0. The molecule has 1 unspecified atom stereocenters. The highest BCUT2D eigenvalue weighted by atomic mass is 35.5. The van der Waals surface area contributed by atoms with Gasteiger partial charge >= 0.3 is 0 Å². The van der Waals surface area contributed by atoms with Crippen LogP contribution < -0.4 is 4.90 Å². The van der Waals surface area contributed by atoms with Crippen molar-refractivity contribution in [1.82, 2.24) is 4.90 Å². The fraction of sp³-hybridized carbons (Fsp3) is 0.500. The van der Waals surface area contributed by atoms with Crippen LogP contribution in [0.25, 0.3) is 0 Å². The van der Waals surface area contributed by atoms with E-state index >= 15 is 0 Å². The fourth-order valence-corrected chi connectivity index (χ4v) is 2.96. The van der Waals surface area contributed by atoms with Crippen LogP contribution in [0.4, 0.5) is 5.69 Å². The third-order valence-electron chi connectivity index (χ3n) is 3.63. The van der Waals surface area contributed by atoms with E-state index in [0.717, 1.165) is 0 Å². The van der Waals surface area contributed by atoms with Crippen molar-refractivity contribution in [1.29, 1.82) is 0 Å². The number of rotatable bonds is 4. The van der Waals surface area contributed by atoms with Gasteiger partial charge in [-0.05, 0) is 18.1 Å². The monoisotopic (exact) mass is 308 g/mol. The molecule has 0 saturated carbocycles. The third-order valence-corrected chi connectivity index (χ3v) is 3.95. The minimum absolute atomic E-state index is 0.0339. The molecular weight excluding hydrogens is 288 g/mol. The SMILES string of the molecule is CC(C)CN(C)C(=O)C1CC(=O)N(c2ccccc2Cl)C1. The second-order valence-electron chi connectivity index (χ2n) is 5.97. The summed E-state index contributed by atoms with van der Waals surface area (Å²) in [5.41, 5.74) is 0.686. The summed E-state index contributed by atoms with van der Waals surface area (Å²) >= 11 is 6.14. The van der Waals surface area contributed by atoms with Crippen LogP contribution >= 0.6 is 11.6 Å². The van der Waals surface area contributed by atoms with Crippen molar-refractivity contribution in [2.24, 2.45) is 11.8 Å². The Labute approximate surface area is 130 Å². The molecule has 0 aromatic heterocycles. The molecule has 1 fully saturated rings. The quantitative estimate of drug-likeness (QED) is 0.858. The molecule has 2 amide bonds. The largest absolute Gasteiger partial charge is 0.345 e. The number of carbonyl (C=O) groups is 2. The number of benzene rings is 1. The molecule has 21 heavy (non-hydrogen) atoms. The molecule has 1 saturated heterocycles. The Bertz CT molecular complexity index is 545. The van der Waals surface area contributed by atoms with Crippen LogP contribution in [-0.2, 0) is 9.59 Å². The van der Waals surface area contributed by atoms with E-state index in [-0.39, 0.29) is 24.2 Å². The second-order valence-corrected chi connectivity index (χ2v) is 6.38. The normalized spacial score (nSPS) is 18.4. The van der Waals surface area contributed by atoms with Gasteiger partial charge in [0.1, 0.15) is 0 Å². The van der Waals surface area contributed by atoms with Gasteiger partial charge in [-0.3, -0.25) is 9.59 Å². The molecule has 114 valence electrons. The standard InChI is InChI=1S/C16H21ClN2O2/c1-11(2)9-18(3)16(21)12-8-15(20)19(10-12)14-7-5-4-6-13(14)17/h4-7,11-12H,8-10H2,1-3H3. The summed E-state index contributed by atoms with van der Waals surface area (Å²) in [5.74, 6) is 0.124. The van der Waals surface area contributed by atoms with Gasteiger partial charge in [0, 0.05) is 26.6 Å². The lowest BCUT2D eigenvalue weighted by Crippen LogP contribution is -2.36. The summed E-state index contributed by atoms with van der Waals surface area (Å²) in [5, 5.41) is 0.537. The first-order chi connectivity index (χ1) is 9.90. The van der Waals surface area contributed by atoms with E-state index in [0.29, 0.717) is 29.7 Å². The topological polar surface area (TPSA) is 40.6 Å². The number of para-hydroxylation sites is 1. The molecule has 2 rings (SSSR count). The van der Waals surface area contributed by atoms with Gasteiger partial charge in [0.25, 0.3) is 0 Å². The minimum Gasteiger partial charge on any atom is -0.345 e. The van der Waals surface area contributed by atoms with Gasteiger partial charge in [-0.2, -0.15) is 0 Å². The van der Waals surface area contributed by atoms with E-state index in [1.807, 2.05) is 18.2 Å². The van der Waals surface area contributed by atoms with E-state index in [2.05, 4.69) is 13.8 Å². The van der Waals surface area contributed by atoms with Crippen LogP contribution in [-0.4, -0.2) is 36.9 Å². The summed E-state index contributed by atoms with van der Waals surface area (Å²) in [4.78, 5) is 27.9. The van der Waals surface area contributed by atoms with E-state index in [1.165, 1.54) is 0 Å². The molecule has 4 nitrogen and oxygen atoms in total. The van der Waals surface area contributed by atoms with Gasteiger partial charge in [-0.1, -0.05) is 37.6 Å². The lowest BCUT2D eigenvalue weighted by Gasteiger charge is -2.23. The average Bonchev–Trinajstić information content (AvgIpc) is 2.79. The maximum absolute atomic E-state index is 12.4. The van der Waals surface area contributed by atoms with Crippen molar-refractivity contribution in [2.45, 2.75) is 20.3 Å². The van der Waals surface area contributed by atoms with Crippen molar-refractivity contribution in [3.63, 3.8) is 0 Å². The van der Waals surface area contributed by atoms with Gasteiger partial charge in [0.05, 0.1) is 16.6 Å². The van der Waals surface area contributed by atoms with Crippen LogP contribution in [0.15, 0.2) is 24.3 Å². The molecule has 1 heterocycles. The Hall–Kier alpha value is -1.55. The van der Waals surface area contributed by atoms with E-state index in [9.17, 15) is 9.59 Å². The first-order valence-electron chi connectivity index (χ1n) is 7.20. The molecule has 1 aliphatic rings. The van der Waals surface area contributed by atoms with Crippen LogP contribution in [0.1, 0.15) is 20.3 Å². The summed E-state index contributed by atoms with van der Waals surface area (Å²) in [6, 6.07) is 7.23. The molecule has 1 aromatic carbocycles. The van der Waals surface area contributed by atoms with Crippen molar-refractivity contribution in [3.05, 3.63) is 29.3 Å². The maximum Gasteiger partial charge on any atom is 0.227 e. The molecular formula is C16H21ClN2O2. The van der Waals surface area contributed by atoms with Crippen molar-refractivity contribution < 1.29 is 9.59 Å². The van der Waals surface area contributed by atoms with Crippen LogP contribution in [0.2, 0.25) is 5.02 Å². The van der Waals surface area contributed by atoms with Gasteiger partial charge in [-0.25, -0.2) is 0 Å². The number of carbonyl (C=O) groups excluding carboxylic acids is 2. The van der Waals surface area contributed by atoms with Crippen molar-refractivity contribution in [2.75, 3.05) is 25.0 Å². The summed E-state index contributed by atoms with van der Waals surface area (Å²) in [6.45, 7) is 5.25. The molecule has 0 spiro atoms. The van der Waals surface area contributed by atoms with Gasteiger partial charge in [0.15, 0.2) is 0 Å². The predicted molar refractivity (Wildman–Crippen MR) is 84.4 cm³/mol. The van der Waals surface area contributed by atoms with Crippen LogP contribution in [0.5, 0.6) is 0 Å². The lowest BCUT2D eigenvalue weighted by atomic mass is 10.1. The maximum atomic E-state index is 12.4. The summed E-state index contributed by atoms with van der Waals surface area (Å²) in [7, 11) is 1.80. The average molecular weight is 309 g/mol. The summed E-state index contributed by atoms with van der Waals surface area (Å²) in [6.07, 6.45) is 0.256. The van der Waals surface area contributed by atoms with Gasteiger partial charge < -0.3 is 9.80 Å². The predicted octanol–water partition coefficient (Wildman–Crippen LogP) is 2.81. The van der Waals surface area contributed by atoms with Crippen LogP contribution in [0.3, 0.4) is 0 Å². The number of anilines is 1. The first-order valence-corrected chi connectivity index (χ1v) is 7.57. The van der Waals surface area contributed by atoms with E-state index < -0.39 is 0 Å². The summed E-state index contributed by atoms with van der Waals surface area (Å²) < 4.78 is 0. The van der Waals surface area contributed by atoms with Crippen molar-refractivity contribution >= 4 is 29.1 Å². The van der Waals surface area contributed by atoms with E-state index in [1.54, 1.807) is 22.9 Å². The smallest absolute Gasteiger partial charge is 0.227 e. The highest BCUT2D eigenvalue weighted by Crippen LogP contribution is 2.31. The van der Waals surface area contributed by atoms with Crippen molar-refractivity contribution in [3.8, 4) is 0 Å². The second kappa shape index (κ2) is 6.48. The number of halogens is 1. The molecule has 1 aliphatic heterocycles. The zero-order valence-electron chi connectivity index (χ0n) is 12.7. The Morgan fingerprint density at radius 1 is 1.43 bits per heavy atom. The first kappa shape index (κ1) is 15.8. The molecule has 5 heteroatoms. The molecule has 0 N–H and O–H groups in total. The Morgan fingerprint density at radius 2 is 2.10 bits per heavy atom.